The predicted octanol–water partition coefficient (Wildman–Crippen LogP) is 9.65. The Hall–Kier alpha value is -5.99. The van der Waals surface area contributed by atoms with Crippen LogP contribution in [-0.2, 0) is 42.9 Å². The Morgan fingerprint density at radius 2 is 1.59 bits per heavy atom. The van der Waals surface area contributed by atoms with Crippen molar-refractivity contribution in [2.24, 2.45) is 5.41 Å². The number of carbonyl (C=O) groups excluding carboxylic acids is 2. The number of hydrogen-bond acceptors (Lipinski definition) is 11. The molecule has 14 nitrogen and oxygen atoms in total. The number of hydrazine groups is 1. The molecule has 7 rings (SSSR count). The van der Waals surface area contributed by atoms with Gasteiger partial charge in [0.05, 0.1) is 17.5 Å². The topological polar surface area (TPSA) is 170 Å². The summed E-state index contributed by atoms with van der Waals surface area (Å²) in [5.41, 5.74) is 4.11. The first kappa shape index (κ1) is 54.8. The Kier molecular flexibility index (Phi) is 16.4. The van der Waals surface area contributed by atoms with Gasteiger partial charge in [0.15, 0.2) is 0 Å². The lowest BCUT2D eigenvalue weighted by molar-refractivity contribution is -0.148. The summed E-state index contributed by atoms with van der Waals surface area (Å²) in [5.74, 6) is -1.51. The maximum Gasteiger partial charge on any atom is 0.408 e. The van der Waals surface area contributed by atoms with Crippen LogP contribution in [0.3, 0.4) is 0 Å². The summed E-state index contributed by atoms with van der Waals surface area (Å²) < 4.78 is 69.6. The second kappa shape index (κ2) is 21.8. The van der Waals surface area contributed by atoms with Gasteiger partial charge >= 0.3 is 18.2 Å². The number of benzene rings is 3. The van der Waals surface area contributed by atoms with E-state index < -0.39 is 68.2 Å². The molecule has 3 atom stereocenters. The monoisotopic (exact) mass is 1040 g/mol. The number of rotatable bonds is 17. The lowest BCUT2D eigenvalue weighted by Crippen LogP contribution is -2.67. The largest absolute Gasteiger partial charge is 0.480 e. The van der Waals surface area contributed by atoms with E-state index in [-0.39, 0.29) is 36.9 Å². The molecule has 2 amide bonds. The summed E-state index contributed by atoms with van der Waals surface area (Å²) in [5, 5.41) is 16.4. The highest BCUT2D eigenvalue weighted by atomic mass is 32.1. The molecular weight excluding hydrogens is 976 g/mol. The first-order chi connectivity index (χ1) is 34.3. The number of carbonyl (C=O) groups is 3. The zero-order chi connectivity index (χ0) is 53.1. The Bertz CT molecular complexity index is 2860. The minimum Gasteiger partial charge on any atom is -0.480 e. The molecule has 3 aromatic heterocycles. The van der Waals surface area contributed by atoms with Gasteiger partial charge in [-0.25, -0.2) is 15.2 Å². The molecule has 3 N–H and O–H groups in total. The number of pyridine rings is 1. The molecule has 0 saturated carbocycles. The van der Waals surface area contributed by atoms with Crippen LogP contribution in [0.4, 0.5) is 18.0 Å². The zero-order valence-corrected chi connectivity index (χ0v) is 44.9. The number of hydrogen-bond donors (Lipinski definition) is 3. The van der Waals surface area contributed by atoms with Gasteiger partial charge in [0.1, 0.15) is 35.1 Å². The minimum atomic E-state index is -4.61. The van der Waals surface area contributed by atoms with Gasteiger partial charge in [0.25, 0.3) is 14.2 Å². The fraction of sp³-hybridized carbons (Fsp3) is 0.444. The normalized spacial score (nSPS) is 15.8. The molecule has 3 aromatic carbocycles. The number of fused-ring (bicyclic) bond motifs is 1. The lowest BCUT2D eigenvalue weighted by atomic mass is 9.84. The van der Waals surface area contributed by atoms with E-state index in [4.69, 9.17) is 18.9 Å². The molecule has 1 aliphatic rings. The molecule has 0 aliphatic carbocycles. The standard InChI is InChI=1S/C54H66F3N7O7SSi/c1-34(69-10)45-38(23-17-27-58-45)46-40(31-53(8,9)33-70-73(52(5,6)7,36-19-13-11-14-20-36)37-21-15-12-16-22-37)39-29-35(25-26-43(39)63(46)32-54(55,56)57)47-60-44(62-72-47)30-42(59-50(68)71-51(2,3)4)48(65)64-28-18-24-41(61-64)49(66)67/h11-17,19-23,25-27,29,34,41-42,61H,18,24,28,30-33H2,1-10H3,(H,59,68)(H,66,67)/t34?,41-,42?/m0/s1. The van der Waals surface area contributed by atoms with E-state index in [0.29, 0.717) is 56.8 Å². The van der Waals surface area contributed by atoms with Crippen molar-refractivity contribution in [2.75, 3.05) is 20.3 Å². The van der Waals surface area contributed by atoms with Crippen molar-refractivity contribution in [3.8, 4) is 21.8 Å². The highest BCUT2D eigenvalue weighted by Crippen LogP contribution is 2.44. The van der Waals surface area contributed by atoms with Crippen LogP contribution in [0.25, 0.3) is 32.7 Å². The lowest BCUT2D eigenvalue weighted by Gasteiger charge is -2.44. The molecular formula is C54H66F3N7O7SSi. The van der Waals surface area contributed by atoms with Gasteiger partial charge in [0, 0.05) is 54.9 Å². The fourth-order valence-corrected chi connectivity index (χ4v) is 15.1. The van der Waals surface area contributed by atoms with Gasteiger partial charge in [-0.3, -0.25) is 19.6 Å². The van der Waals surface area contributed by atoms with Gasteiger partial charge in [-0.1, -0.05) is 95.3 Å². The third-order valence-corrected chi connectivity index (χ3v) is 18.7. The number of aliphatic carboxylic acids is 1. The van der Waals surface area contributed by atoms with Crippen LogP contribution in [0, 0.1) is 5.41 Å². The number of nitrogens with one attached hydrogen (secondary N) is 2. The van der Waals surface area contributed by atoms with Crippen LogP contribution in [0.5, 0.6) is 0 Å². The van der Waals surface area contributed by atoms with Crippen LogP contribution in [-0.4, -0.2) is 99.4 Å². The van der Waals surface area contributed by atoms with E-state index in [1.165, 1.54) is 16.7 Å². The van der Waals surface area contributed by atoms with Gasteiger partial charge in [0.2, 0.25) is 0 Å². The van der Waals surface area contributed by atoms with Crippen LogP contribution in [0.1, 0.15) is 98.3 Å². The molecule has 6 aromatic rings. The van der Waals surface area contributed by atoms with Crippen molar-refractivity contribution in [3.63, 3.8) is 0 Å². The first-order valence-electron chi connectivity index (χ1n) is 24.4. The molecule has 1 fully saturated rings. The van der Waals surface area contributed by atoms with Crippen LogP contribution in [0.15, 0.2) is 97.2 Å². The predicted molar refractivity (Wildman–Crippen MR) is 279 cm³/mol. The Balaban J connectivity index is 1.34. The number of carboxylic acid groups (broad SMARTS) is 1. The van der Waals surface area contributed by atoms with Gasteiger partial charge < -0.3 is 28.9 Å². The number of carboxylic acids is 1. The number of methoxy groups -OCH3 is 1. The van der Waals surface area contributed by atoms with Crippen molar-refractivity contribution < 1.29 is 46.6 Å². The van der Waals surface area contributed by atoms with E-state index >= 15 is 0 Å². The van der Waals surface area contributed by atoms with E-state index in [1.807, 2.05) is 49.4 Å². The average Bonchev–Trinajstić information content (AvgIpc) is 3.91. The quantitative estimate of drug-likeness (QED) is 0.0744. The van der Waals surface area contributed by atoms with Crippen molar-refractivity contribution in [3.05, 3.63) is 114 Å². The maximum absolute atomic E-state index is 15.0. The number of nitrogens with zero attached hydrogens (tertiary/aromatic N) is 5. The van der Waals surface area contributed by atoms with Crippen LogP contribution in [0.2, 0.25) is 5.04 Å². The zero-order valence-electron chi connectivity index (χ0n) is 43.1. The molecule has 4 heterocycles. The van der Waals surface area contributed by atoms with E-state index in [2.05, 4.69) is 79.0 Å². The van der Waals surface area contributed by atoms with Crippen molar-refractivity contribution in [2.45, 2.75) is 130 Å². The second-order valence-electron chi connectivity index (χ2n) is 21.4. The number of amides is 2. The smallest absolute Gasteiger partial charge is 0.408 e. The van der Waals surface area contributed by atoms with Crippen molar-refractivity contribution in [1.29, 1.82) is 0 Å². The molecule has 0 bridgehead atoms. The molecule has 390 valence electrons. The molecule has 2 unspecified atom stereocenters. The van der Waals surface area contributed by atoms with E-state index in [9.17, 15) is 32.7 Å². The van der Waals surface area contributed by atoms with Gasteiger partial charge in [-0.15, -0.1) is 0 Å². The van der Waals surface area contributed by atoms with Crippen LogP contribution >= 0.6 is 11.5 Å². The number of alkyl carbamates (subject to hydrolysis) is 1. The molecule has 1 aliphatic heterocycles. The highest BCUT2D eigenvalue weighted by molar-refractivity contribution is 7.09. The fourth-order valence-electron chi connectivity index (χ4n) is 9.63. The average molecular weight is 1040 g/mol. The third kappa shape index (κ3) is 12.7. The van der Waals surface area contributed by atoms with Crippen molar-refractivity contribution >= 4 is 59.1 Å². The van der Waals surface area contributed by atoms with E-state index in [0.717, 1.165) is 21.9 Å². The first-order valence-corrected chi connectivity index (χ1v) is 27.1. The second-order valence-corrected chi connectivity index (χ2v) is 26.5. The molecule has 19 heteroatoms. The number of ether oxygens (including phenoxy) is 2. The summed E-state index contributed by atoms with van der Waals surface area (Å²) in [6, 6.07) is 27.0. The van der Waals surface area contributed by atoms with Gasteiger partial charge in [-0.05, 0) is 115 Å². The Morgan fingerprint density at radius 3 is 2.18 bits per heavy atom. The van der Waals surface area contributed by atoms with Gasteiger partial charge in [-0.2, -0.15) is 17.5 Å². The molecule has 73 heavy (non-hydrogen) atoms. The van der Waals surface area contributed by atoms with Crippen molar-refractivity contribution in [1.82, 2.24) is 34.7 Å². The summed E-state index contributed by atoms with van der Waals surface area (Å²) in [6.07, 6.45) is -3.58. The SMILES string of the molecule is COC(C)c1ncccc1-c1c(CC(C)(C)CO[Si](c2ccccc2)(c2ccccc2)C(C)(C)C)c2cc(-c3nc(CC(NC(=O)OC(C)(C)C)C(=O)N4CCC[C@@H](C(=O)O)N4)ns3)ccc2n1CC(F)(F)F. The molecule has 0 radical (unpaired) electrons. The summed E-state index contributed by atoms with van der Waals surface area (Å²) in [4.78, 5) is 48.5. The number of aromatic nitrogens is 4. The molecule has 0 spiro atoms. The Labute approximate surface area is 429 Å². The summed E-state index contributed by atoms with van der Waals surface area (Å²) >= 11 is 1.04. The summed E-state index contributed by atoms with van der Waals surface area (Å²) in [6.45, 7) is 16.8. The van der Waals surface area contributed by atoms with Crippen LogP contribution < -0.4 is 21.1 Å². The van der Waals surface area contributed by atoms with E-state index in [1.54, 1.807) is 51.2 Å². The maximum atomic E-state index is 15.0. The highest BCUT2D eigenvalue weighted by Gasteiger charge is 2.51. The summed E-state index contributed by atoms with van der Waals surface area (Å²) in [7, 11) is -1.51. The number of alkyl halides is 3. The molecule has 1 saturated heterocycles. The Morgan fingerprint density at radius 1 is 0.932 bits per heavy atom. The minimum absolute atomic E-state index is 0.176. The third-order valence-electron chi connectivity index (χ3n) is 12.9. The number of halogens is 3.